The second-order valence-electron chi connectivity index (χ2n) is 21.6. The third-order valence-corrected chi connectivity index (χ3v) is 17.9. The maximum absolute atomic E-state index is 6.94. The first-order chi connectivity index (χ1) is 31.8. The Morgan fingerprint density at radius 2 is 1.20 bits per heavy atom. The zero-order chi connectivity index (χ0) is 44.6. The summed E-state index contributed by atoms with van der Waals surface area (Å²) < 4.78 is 14.9. The minimum atomic E-state index is 0.0651. The van der Waals surface area contributed by atoms with Crippen LogP contribution in [-0.4, -0.2) is 11.8 Å². The fourth-order valence-corrected chi connectivity index (χ4v) is 14.1. The van der Waals surface area contributed by atoms with Crippen LogP contribution in [0.4, 0.5) is 11.4 Å². The number of fused-ring (bicyclic) bond motifs is 15. The smallest absolute Gasteiger partial charge is 0.198 e. The molecule has 0 bridgehead atoms. The van der Waals surface area contributed by atoms with Gasteiger partial charge in [-0.15, -0.1) is 22.7 Å². The van der Waals surface area contributed by atoms with E-state index in [9.17, 15) is 0 Å². The first-order valence-corrected chi connectivity index (χ1v) is 25.2. The Hall–Kier alpha value is -6.34. The molecule has 5 heterocycles. The van der Waals surface area contributed by atoms with Gasteiger partial charge >= 0.3 is 0 Å². The molecule has 1 aliphatic heterocycles. The lowest BCUT2D eigenvalue weighted by Crippen LogP contribution is -2.37. The third kappa shape index (κ3) is 5.49. The lowest BCUT2D eigenvalue weighted by Gasteiger charge is -2.41. The van der Waals surface area contributed by atoms with Gasteiger partial charge in [-0.25, -0.2) is 0 Å². The van der Waals surface area contributed by atoms with Crippen molar-refractivity contribution in [2.45, 2.75) is 77.6 Å². The number of nitrogens with zero attached hydrogens (tertiary/aromatic N) is 1. The maximum Gasteiger partial charge on any atom is 0.198 e. The Labute approximate surface area is 392 Å². The highest BCUT2D eigenvalue weighted by molar-refractivity contribution is 7.26. The van der Waals surface area contributed by atoms with Crippen LogP contribution >= 0.6 is 22.7 Å². The number of furan rings is 1. The molecule has 0 fully saturated rings. The Morgan fingerprint density at radius 3 is 1.91 bits per heavy atom. The van der Waals surface area contributed by atoms with E-state index >= 15 is 0 Å². The Bertz CT molecular complexity index is 4090. The summed E-state index contributed by atoms with van der Waals surface area (Å²) in [6, 6.07) is 51.2. The number of rotatable bonds is 3. The molecular formula is C60H49BN2OS2. The summed E-state index contributed by atoms with van der Waals surface area (Å²) >= 11 is 3.81. The molecule has 4 aromatic heterocycles. The summed E-state index contributed by atoms with van der Waals surface area (Å²) in [5, 5.41) is 14.3. The van der Waals surface area contributed by atoms with E-state index < -0.39 is 0 Å². The van der Waals surface area contributed by atoms with E-state index in [-0.39, 0.29) is 16.2 Å². The molecule has 1 aliphatic carbocycles. The molecule has 0 unspecified atom stereocenters. The van der Waals surface area contributed by atoms with Crippen LogP contribution in [0.15, 0.2) is 138 Å². The number of hydrogen-bond donors (Lipinski definition) is 1. The van der Waals surface area contributed by atoms with Gasteiger partial charge in [-0.2, -0.15) is 0 Å². The first-order valence-electron chi connectivity index (χ1n) is 23.6. The minimum Gasteiger partial charge on any atom is -0.456 e. The van der Waals surface area contributed by atoms with Crippen molar-refractivity contribution in [1.82, 2.24) is 4.57 Å². The van der Waals surface area contributed by atoms with Gasteiger partial charge in [0, 0.05) is 90.4 Å². The molecule has 14 rings (SSSR count). The molecule has 6 heteroatoms. The predicted octanol–water partition coefficient (Wildman–Crippen LogP) is 16.2. The number of thiophene rings is 2. The van der Waals surface area contributed by atoms with Gasteiger partial charge in [-0.3, -0.25) is 0 Å². The molecule has 1 N–H and O–H groups in total. The molecule has 0 saturated heterocycles. The highest BCUT2D eigenvalue weighted by Crippen LogP contribution is 2.50. The molecule has 0 atom stereocenters. The summed E-state index contributed by atoms with van der Waals surface area (Å²) in [5.41, 5.74) is 17.5. The maximum atomic E-state index is 6.94. The Kier molecular flexibility index (Phi) is 7.77. The van der Waals surface area contributed by atoms with Crippen LogP contribution in [0.1, 0.15) is 78.0 Å². The summed E-state index contributed by atoms with van der Waals surface area (Å²) in [6.07, 6.45) is 2.34. The summed E-state index contributed by atoms with van der Waals surface area (Å²) in [7, 11) is 0.834. The van der Waals surface area contributed by atoms with Crippen molar-refractivity contribution in [1.29, 1.82) is 0 Å². The fourth-order valence-electron chi connectivity index (χ4n) is 11.8. The van der Waals surface area contributed by atoms with E-state index in [1.807, 2.05) is 22.7 Å². The van der Waals surface area contributed by atoms with E-state index in [2.05, 4.69) is 192 Å². The summed E-state index contributed by atoms with van der Waals surface area (Å²) in [4.78, 5) is 0. The molecule has 8 aromatic carbocycles. The van der Waals surface area contributed by atoms with Gasteiger partial charge in [0.25, 0.3) is 0 Å². The van der Waals surface area contributed by atoms with E-state index in [0.717, 1.165) is 29.8 Å². The van der Waals surface area contributed by atoms with Gasteiger partial charge in [-0.1, -0.05) is 115 Å². The molecule has 0 saturated carbocycles. The van der Waals surface area contributed by atoms with Crippen LogP contribution in [0.2, 0.25) is 0 Å². The van der Waals surface area contributed by atoms with E-state index in [1.54, 1.807) is 0 Å². The lowest BCUT2D eigenvalue weighted by atomic mass is 9.59. The Balaban J connectivity index is 1.07. The van der Waals surface area contributed by atoms with Crippen LogP contribution in [-0.2, 0) is 16.2 Å². The van der Waals surface area contributed by atoms with E-state index in [4.69, 9.17) is 4.42 Å². The molecule has 0 amide bonds. The highest BCUT2D eigenvalue weighted by atomic mass is 32.1. The normalized spacial score (nSPS) is 15.4. The van der Waals surface area contributed by atoms with Crippen molar-refractivity contribution in [2.24, 2.45) is 0 Å². The van der Waals surface area contributed by atoms with Crippen molar-refractivity contribution in [3.63, 3.8) is 0 Å². The largest absolute Gasteiger partial charge is 0.456 e. The van der Waals surface area contributed by atoms with Crippen molar-refractivity contribution >= 4 is 136 Å². The number of benzene rings is 8. The SMILES string of the molecule is CC(C)(C)c1ccc(Nc2cc3oc4cc5c(cc4c3cc2-c2ccc3c4cc6sc7ccccc7c6cc4n4c3c2Bc2cc3sc6ccccc6c3cc2-4)C(C)(C)CCC5(C)C)cc1. The molecular weight excluding hydrogens is 840 g/mol. The van der Waals surface area contributed by atoms with Crippen LogP contribution in [0, 0.1) is 0 Å². The third-order valence-electron chi connectivity index (χ3n) is 15.6. The first kappa shape index (κ1) is 38.9. The second-order valence-corrected chi connectivity index (χ2v) is 23.8. The van der Waals surface area contributed by atoms with Crippen molar-refractivity contribution < 1.29 is 4.42 Å². The van der Waals surface area contributed by atoms with Crippen molar-refractivity contribution in [3.8, 4) is 16.8 Å². The number of aromatic nitrogens is 1. The second kappa shape index (κ2) is 13.2. The molecule has 320 valence electrons. The van der Waals surface area contributed by atoms with Gasteiger partial charge in [0.1, 0.15) is 11.2 Å². The number of anilines is 2. The van der Waals surface area contributed by atoms with Crippen molar-refractivity contribution in [2.75, 3.05) is 5.32 Å². The molecule has 3 nitrogen and oxygen atoms in total. The van der Waals surface area contributed by atoms with Crippen LogP contribution in [0.5, 0.6) is 0 Å². The topological polar surface area (TPSA) is 30.1 Å². The van der Waals surface area contributed by atoms with E-state index in [1.165, 1.54) is 130 Å². The lowest BCUT2D eigenvalue weighted by molar-refractivity contribution is 0.332. The van der Waals surface area contributed by atoms with Crippen LogP contribution in [0.25, 0.3) is 101 Å². The molecule has 0 radical (unpaired) electrons. The highest BCUT2D eigenvalue weighted by Gasteiger charge is 2.38. The summed E-state index contributed by atoms with van der Waals surface area (Å²) in [5.74, 6) is 0. The molecule has 12 aromatic rings. The molecule has 0 spiro atoms. The van der Waals surface area contributed by atoms with Gasteiger partial charge in [0.2, 0.25) is 0 Å². The molecule has 66 heavy (non-hydrogen) atoms. The van der Waals surface area contributed by atoms with Crippen molar-refractivity contribution in [3.05, 3.63) is 150 Å². The van der Waals surface area contributed by atoms with Gasteiger partial charge in [0.15, 0.2) is 7.28 Å². The fraction of sp³-hybridized carbons (Fsp3) is 0.200. The van der Waals surface area contributed by atoms with Crippen LogP contribution in [0.3, 0.4) is 0 Å². The quantitative estimate of drug-likeness (QED) is 0.179. The van der Waals surface area contributed by atoms with Gasteiger partial charge in [0.05, 0.1) is 11.2 Å². The number of hydrogen-bond acceptors (Lipinski definition) is 4. The predicted molar refractivity (Wildman–Crippen MR) is 289 cm³/mol. The van der Waals surface area contributed by atoms with Gasteiger partial charge in [-0.05, 0) is 124 Å². The number of nitrogens with one attached hydrogen (secondary N) is 1. The zero-order valence-corrected chi connectivity index (χ0v) is 40.1. The average molecular weight is 889 g/mol. The minimum absolute atomic E-state index is 0.0651. The summed E-state index contributed by atoms with van der Waals surface area (Å²) in [6.45, 7) is 16.5. The Morgan fingerprint density at radius 1 is 0.561 bits per heavy atom. The standard InChI is InChI=1S/C60H49BN2OS2/c1-58(2,3)32-16-18-33(19-17-32)62-47-31-51-40(41-25-44-45(29-50(41)64-51)60(6,7)23-22-59(44,4)5)24-38(47)36-20-21-37-39-28-54-42(34-12-8-10-14-52(34)65-54)26-48(39)63-49-27-43-35-13-9-11-15-53(35)66-55(43)30-46(49)61-56(36)57(37)63/h8-21,24-31,61-62H,22-23H2,1-7H3. The average Bonchev–Trinajstić information content (AvgIpc) is 4.05. The molecule has 2 aliphatic rings. The zero-order valence-electron chi connectivity index (χ0n) is 38.5. The van der Waals surface area contributed by atoms with Gasteiger partial charge < -0.3 is 14.3 Å². The monoisotopic (exact) mass is 888 g/mol. The van der Waals surface area contributed by atoms with Crippen LogP contribution < -0.4 is 16.2 Å². The van der Waals surface area contributed by atoms with E-state index in [0.29, 0.717) is 0 Å².